The van der Waals surface area contributed by atoms with Crippen LogP contribution in [-0.2, 0) is 33.9 Å². The summed E-state index contributed by atoms with van der Waals surface area (Å²) in [7, 11) is -3.76. The van der Waals surface area contributed by atoms with E-state index in [1.165, 1.54) is 42.5 Å². The van der Waals surface area contributed by atoms with Gasteiger partial charge in [0.25, 0.3) is 0 Å². The first-order chi connectivity index (χ1) is 28.3. The number of aromatic nitrogens is 4. The highest BCUT2D eigenvalue weighted by Gasteiger charge is 2.37. The molecule has 0 N–H and O–H groups in total. The average Bonchev–Trinajstić information content (AvgIpc) is 3.88. The first-order valence-electron chi connectivity index (χ1n) is 17.9. The molecule has 2 heterocycles. The van der Waals surface area contributed by atoms with E-state index in [1.54, 1.807) is 37.7 Å². The molecule has 0 bridgehead atoms. The van der Waals surface area contributed by atoms with Crippen LogP contribution in [0.4, 0.5) is 26.3 Å². The first-order valence-corrected chi connectivity index (χ1v) is 21.6. The Morgan fingerprint density at radius 1 is 0.650 bits per heavy atom. The minimum atomic E-state index is -4.78. The molecule has 10 nitrogen and oxygen atoms in total. The lowest BCUT2D eigenvalue weighted by atomic mass is 10.1. The molecule has 320 valence electrons. The van der Waals surface area contributed by atoms with Crippen LogP contribution >= 0.6 is 35.0 Å². The molecule has 0 fully saturated rings. The number of ether oxygens (including phenoxy) is 2. The lowest BCUT2D eigenvalue weighted by Crippen LogP contribution is -2.13. The third-order valence-corrected chi connectivity index (χ3v) is 11.9. The molecule has 0 unspecified atom stereocenters. The van der Waals surface area contributed by atoms with Crippen LogP contribution in [0.1, 0.15) is 50.6 Å². The summed E-state index contributed by atoms with van der Waals surface area (Å²) in [6.45, 7) is 7.61. The summed E-state index contributed by atoms with van der Waals surface area (Å²) in [4.78, 5) is 8.49. The second-order valence-corrected chi connectivity index (χ2v) is 17.3. The molecule has 0 aliphatic heterocycles. The highest BCUT2D eigenvalue weighted by atomic mass is 35.5. The normalized spacial score (nSPS) is 12.1. The first kappa shape index (κ1) is 46.3. The summed E-state index contributed by atoms with van der Waals surface area (Å²) in [6, 6.07) is 19.5. The van der Waals surface area contributed by atoms with Crippen LogP contribution in [0.3, 0.4) is 0 Å². The molecule has 2 aromatic heterocycles. The van der Waals surface area contributed by atoms with Gasteiger partial charge in [0.2, 0.25) is 23.4 Å². The van der Waals surface area contributed by atoms with Crippen molar-refractivity contribution < 1.29 is 53.3 Å². The van der Waals surface area contributed by atoms with Crippen LogP contribution in [0.25, 0.3) is 22.8 Å². The number of thioether (sulfide) groups is 1. The Morgan fingerprint density at radius 2 is 1.12 bits per heavy atom. The zero-order chi connectivity index (χ0) is 43.8. The maximum absolute atomic E-state index is 13.7. The van der Waals surface area contributed by atoms with Gasteiger partial charge in [-0.15, -0.1) is 35.0 Å². The van der Waals surface area contributed by atoms with E-state index in [0.29, 0.717) is 11.7 Å². The largest absolute Gasteiger partial charge is 0.456 e. The highest BCUT2D eigenvalue weighted by Crippen LogP contribution is 2.43. The van der Waals surface area contributed by atoms with Crippen LogP contribution in [0, 0.1) is 11.8 Å². The van der Waals surface area contributed by atoms with E-state index in [0.717, 1.165) is 28.8 Å². The van der Waals surface area contributed by atoms with E-state index < -0.39 is 39.1 Å². The smallest absolute Gasteiger partial charge is 0.420 e. The summed E-state index contributed by atoms with van der Waals surface area (Å²) in [5, 5.41) is 7.28. The lowest BCUT2D eigenvalue weighted by Gasteiger charge is -2.17. The molecule has 0 aliphatic rings. The van der Waals surface area contributed by atoms with Gasteiger partial charge in [-0.05, 0) is 72.5 Å². The number of rotatable bonds is 14. The van der Waals surface area contributed by atoms with Crippen molar-refractivity contribution in [3.05, 3.63) is 108 Å². The standard InChI is InChI=1S/C20H18ClF3N2O4S.C20H18ClF3N2O2S/c1-12(2)11-31(27,28)17-6-4-3-5-16(17)29-15-8-7-13(9-14(15)20(22,23)24)19-25-18(10-21)30-26-19;1-12(2)11-29-17-6-4-3-5-16(17)27-15-8-7-13(9-14(15)20(22,23)24)19-25-18(10-21)28-26-19/h3-9,12H,10-11H2,1-2H3;3-9,12H,10-11H2,1-2H3. The Balaban J connectivity index is 0.000000228. The number of para-hydroxylation sites is 2. The third kappa shape index (κ3) is 12.2. The van der Waals surface area contributed by atoms with E-state index in [4.69, 9.17) is 41.7 Å². The monoisotopic (exact) mass is 916 g/mol. The predicted octanol–water partition coefficient (Wildman–Crippen LogP) is 12.8. The van der Waals surface area contributed by atoms with Crippen molar-refractivity contribution in [1.29, 1.82) is 0 Å². The molecule has 0 saturated heterocycles. The number of hydrogen-bond acceptors (Lipinski definition) is 11. The van der Waals surface area contributed by atoms with Crippen LogP contribution in [0.5, 0.6) is 23.0 Å². The Bertz CT molecular complexity index is 2490. The molecule has 0 atom stereocenters. The van der Waals surface area contributed by atoms with Crippen molar-refractivity contribution in [2.24, 2.45) is 11.8 Å². The Labute approximate surface area is 355 Å². The van der Waals surface area contributed by atoms with Crippen molar-refractivity contribution in [2.75, 3.05) is 11.5 Å². The molecule has 60 heavy (non-hydrogen) atoms. The fourth-order valence-electron chi connectivity index (χ4n) is 5.28. The summed E-state index contributed by atoms with van der Waals surface area (Å²) in [6.07, 6.45) is -9.40. The molecule has 0 amide bonds. The van der Waals surface area contributed by atoms with Crippen LogP contribution in [0.15, 0.2) is 104 Å². The number of alkyl halides is 8. The molecule has 0 aliphatic carbocycles. The molecule has 6 aromatic rings. The number of nitrogens with zero attached hydrogens (tertiary/aromatic N) is 4. The van der Waals surface area contributed by atoms with Gasteiger partial charge in [0.1, 0.15) is 39.7 Å². The van der Waals surface area contributed by atoms with E-state index >= 15 is 0 Å². The van der Waals surface area contributed by atoms with Gasteiger partial charge in [0, 0.05) is 16.9 Å². The lowest BCUT2D eigenvalue weighted by molar-refractivity contribution is -0.139. The van der Waals surface area contributed by atoms with Gasteiger partial charge in [-0.2, -0.15) is 36.3 Å². The summed E-state index contributed by atoms with van der Waals surface area (Å²) < 4.78 is 129. The van der Waals surface area contributed by atoms with Gasteiger partial charge in [-0.1, -0.05) is 62.3 Å². The highest BCUT2D eigenvalue weighted by molar-refractivity contribution is 7.99. The van der Waals surface area contributed by atoms with E-state index in [1.807, 2.05) is 12.1 Å². The molecule has 0 radical (unpaired) electrons. The molecule has 20 heteroatoms. The molecule has 6 rings (SSSR count). The second-order valence-electron chi connectivity index (χ2n) is 13.7. The average molecular weight is 918 g/mol. The number of sulfone groups is 1. The number of hydrogen-bond donors (Lipinski definition) is 0. The van der Waals surface area contributed by atoms with Crippen LogP contribution in [0.2, 0.25) is 0 Å². The minimum Gasteiger partial charge on any atom is -0.456 e. The Morgan fingerprint density at radius 3 is 1.57 bits per heavy atom. The summed E-state index contributed by atoms with van der Waals surface area (Å²) >= 11 is 12.7. The maximum atomic E-state index is 13.7. The number of halogens is 8. The van der Waals surface area contributed by atoms with Gasteiger partial charge < -0.3 is 18.5 Å². The van der Waals surface area contributed by atoms with Crippen molar-refractivity contribution in [3.8, 4) is 45.8 Å². The zero-order valence-corrected chi connectivity index (χ0v) is 35.3. The fraction of sp³-hybridized carbons (Fsp3) is 0.300. The van der Waals surface area contributed by atoms with Crippen molar-refractivity contribution >= 4 is 44.8 Å². The van der Waals surface area contributed by atoms with Crippen LogP contribution < -0.4 is 9.47 Å². The molecule has 0 spiro atoms. The number of benzene rings is 4. The minimum absolute atomic E-state index is 0.0227. The van der Waals surface area contributed by atoms with Gasteiger partial charge >= 0.3 is 12.4 Å². The van der Waals surface area contributed by atoms with Crippen molar-refractivity contribution in [1.82, 2.24) is 20.3 Å². The molecule has 0 saturated carbocycles. The summed E-state index contributed by atoms with van der Waals surface area (Å²) in [5.74, 6) is 0.329. The molecular formula is C40H36Cl2F6N4O6S2. The van der Waals surface area contributed by atoms with Gasteiger partial charge in [0.05, 0.1) is 21.8 Å². The van der Waals surface area contributed by atoms with E-state index in [2.05, 4.69) is 34.1 Å². The molecular weight excluding hydrogens is 881 g/mol. The van der Waals surface area contributed by atoms with Crippen molar-refractivity contribution in [2.45, 2.75) is 61.6 Å². The quantitative estimate of drug-likeness (QED) is 0.0588. The SMILES string of the molecule is CC(C)CS(=O)(=O)c1ccccc1Oc1ccc(-c2noc(CCl)n2)cc1C(F)(F)F.CC(C)CSc1ccccc1Oc1ccc(-c2noc(CCl)n2)cc1C(F)(F)F. The van der Waals surface area contributed by atoms with Crippen molar-refractivity contribution in [3.63, 3.8) is 0 Å². The Kier molecular flexibility index (Phi) is 15.2. The fourth-order valence-corrected chi connectivity index (χ4v) is 8.20. The van der Waals surface area contributed by atoms with Gasteiger partial charge in [0.15, 0.2) is 9.84 Å². The predicted molar refractivity (Wildman–Crippen MR) is 214 cm³/mol. The van der Waals surface area contributed by atoms with Gasteiger partial charge in [-0.25, -0.2) is 8.42 Å². The third-order valence-electron chi connectivity index (χ3n) is 7.85. The topological polar surface area (TPSA) is 130 Å². The van der Waals surface area contributed by atoms with Crippen LogP contribution in [-0.4, -0.2) is 40.2 Å². The Hall–Kier alpha value is -4.78. The summed E-state index contributed by atoms with van der Waals surface area (Å²) in [5.41, 5.74) is -1.83. The van der Waals surface area contributed by atoms with E-state index in [9.17, 15) is 34.8 Å². The zero-order valence-electron chi connectivity index (χ0n) is 32.1. The van der Waals surface area contributed by atoms with Gasteiger partial charge in [-0.3, -0.25) is 0 Å². The maximum Gasteiger partial charge on any atom is 0.420 e. The van der Waals surface area contributed by atoms with E-state index in [-0.39, 0.29) is 74.4 Å². The molecule has 4 aromatic carbocycles. The second kappa shape index (κ2) is 19.7.